The lowest BCUT2D eigenvalue weighted by molar-refractivity contribution is -0.138. The van der Waals surface area contributed by atoms with E-state index in [2.05, 4.69) is 5.32 Å². The maximum Gasteiger partial charge on any atom is 0.239 e. The van der Waals surface area contributed by atoms with Gasteiger partial charge in [0, 0.05) is 17.8 Å². The minimum absolute atomic E-state index is 0.00917. The molecule has 0 spiro atoms. The van der Waals surface area contributed by atoms with Gasteiger partial charge in [-0.15, -0.1) is 11.3 Å². The van der Waals surface area contributed by atoms with Crippen LogP contribution in [0.3, 0.4) is 0 Å². The zero-order chi connectivity index (χ0) is 15.2. The van der Waals surface area contributed by atoms with Crippen molar-refractivity contribution in [2.24, 2.45) is 17.6 Å². The number of carbonyl (C=O) groups is 2. The van der Waals surface area contributed by atoms with E-state index >= 15 is 0 Å². The highest BCUT2D eigenvalue weighted by Crippen LogP contribution is 2.32. The first-order chi connectivity index (χ1) is 10.1. The molecular weight excluding hydrogens is 286 g/mol. The SMILES string of the molecule is CN(CC(=O)NCc1cccs1)C(=O)[C@@H]1CCC[C@@H]1CN. The van der Waals surface area contributed by atoms with E-state index in [0.717, 1.165) is 24.1 Å². The van der Waals surface area contributed by atoms with Gasteiger partial charge in [-0.2, -0.15) is 0 Å². The first kappa shape index (κ1) is 16.0. The van der Waals surface area contributed by atoms with E-state index in [-0.39, 0.29) is 30.2 Å². The molecule has 0 unspecified atom stereocenters. The van der Waals surface area contributed by atoms with E-state index in [1.807, 2.05) is 17.5 Å². The minimum Gasteiger partial charge on any atom is -0.350 e. The lowest BCUT2D eigenvalue weighted by Gasteiger charge is -2.24. The number of likely N-dealkylation sites (N-methyl/N-ethyl adjacent to an activating group) is 1. The molecule has 1 aliphatic carbocycles. The van der Waals surface area contributed by atoms with Gasteiger partial charge >= 0.3 is 0 Å². The lowest BCUT2D eigenvalue weighted by atomic mass is 9.95. The fourth-order valence-electron chi connectivity index (χ4n) is 2.88. The van der Waals surface area contributed by atoms with Crippen molar-refractivity contribution in [1.29, 1.82) is 0 Å². The smallest absolute Gasteiger partial charge is 0.239 e. The van der Waals surface area contributed by atoms with E-state index in [9.17, 15) is 9.59 Å². The Labute approximate surface area is 129 Å². The topological polar surface area (TPSA) is 75.4 Å². The van der Waals surface area contributed by atoms with Crippen LogP contribution in [0, 0.1) is 11.8 Å². The highest BCUT2D eigenvalue weighted by atomic mass is 32.1. The molecule has 1 aliphatic rings. The van der Waals surface area contributed by atoms with E-state index in [4.69, 9.17) is 5.73 Å². The Hall–Kier alpha value is -1.40. The number of hydrogen-bond acceptors (Lipinski definition) is 4. The molecule has 1 heterocycles. The molecule has 3 N–H and O–H groups in total. The molecule has 5 nitrogen and oxygen atoms in total. The molecule has 0 aliphatic heterocycles. The van der Waals surface area contributed by atoms with Gasteiger partial charge in [0.15, 0.2) is 0 Å². The molecule has 2 rings (SSSR count). The average molecular weight is 309 g/mol. The summed E-state index contributed by atoms with van der Waals surface area (Å²) in [6, 6.07) is 3.93. The summed E-state index contributed by atoms with van der Waals surface area (Å²) in [6.45, 7) is 1.18. The molecule has 116 valence electrons. The lowest BCUT2D eigenvalue weighted by Crippen LogP contribution is -2.42. The Bertz CT molecular complexity index is 475. The highest BCUT2D eigenvalue weighted by Gasteiger charge is 2.33. The predicted molar refractivity (Wildman–Crippen MR) is 83.7 cm³/mol. The van der Waals surface area contributed by atoms with Gasteiger partial charge in [0.2, 0.25) is 11.8 Å². The number of nitrogens with zero attached hydrogens (tertiary/aromatic N) is 1. The standard InChI is InChI=1S/C15H23N3O2S/c1-18(15(20)13-6-2-4-11(13)8-16)10-14(19)17-9-12-5-3-7-21-12/h3,5,7,11,13H,2,4,6,8-10,16H2,1H3,(H,17,19)/t11-,13-/m1/s1. The molecule has 1 aromatic rings. The summed E-state index contributed by atoms with van der Waals surface area (Å²) in [7, 11) is 1.69. The summed E-state index contributed by atoms with van der Waals surface area (Å²) >= 11 is 1.60. The van der Waals surface area contributed by atoms with Crippen molar-refractivity contribution < 1.29 is 9.59 Å². The number of nitrogens with one attached hydrogen (secondary N) is 1. The number of amides is 2. The van der Waals surface area contributed by atoms with Crippen molar-refractivity contribution in [3.8, 4) is 0 Å². The molecular formula is C15H23N3O2S. The Balaban J connectivity index is 1.78. The largest absolute Gasteiger partial charge is 0.350 e. The molecule has 1 aromatic heterocycles. The molecule has 2 atom stereocenters. The first-order valence-electron chi connectivity index (χ1n) is 7.36. The van der Waals surface area contributed by atoms with Crippen molar-refractivity contribution >= 4 is 23.2 Å². The van der Waals surface area contributed by atoms with Crippen LogP contribution in [0.1, 0.15) is 24.1 Å². The molecule has 2 amide bonds. The molecule has 0 bridgehead atoms. The number of nitrogens with two attached hydrogens (primary N) is 1. The summed E-state index contributed by atoms with van der Waals surface area (Å²) in [6.07, 6.45) is 2.96. The van der Waals surface area contributed by atoms with Crippen LogP contribution in [0.2, 0.25) is 0 Å². The Morgan fingerprint density at radius 2 is 2.29 bits per heavy atom. The number of rotatable bonds is 6. The summed E-state index contributed by atoms with van der Waals surface area (Å²) in [5.41, 5.74) is 5.72. The van der Waals surface area contributed by atoms with Gasteiger partial charge in [0.25, 0.3) is 0 Å². The molecule has 6 heteroatoms. The summed E-state index contributed by atoms with van der Waals surface area (Å²) in [4.78, 5) is 26.9. The van der Waals surface area contributed by atoms with E-state index in [0.29, 0.717) is 13.1 Å². The number of carbonyl (C=O) groups excluding carboxylic acids is 2. The van der Waals surface area contributed by atoms with Crippen molar-refractivity contribution in [2.75, 3.05) is 20.1 Å². The zero-order valence-corrected chi connectivity index (χ0v) is 13.2. The van der Waals surface area contributed by atoms with Gasteiger partial charge in [-0.05, 0) is 36.8 Å². The van der Waals surface area contributed by atoms with Gasteiger partial charge < -0.3 is 16.0 Å². The van der Waals surface area contributed by atoms with Gasteiger partial charge in [0.05, 0.1) is 13.1 Å². The third kappa shape index (κ3) is 4.28. The summed E-state index contributed by atoms with van der Waals surface area (Å²) < 4.78 is 0. The normalized spacial score (nSPS) is 21.2. The van der Waals surface area contributed by atoms with Crippen molar-refractivity contribution in [1.82, 2.24) is 10.2 Å². The highest BCUT2D eigenvalue weighted by molar-refractivity contribution is 7.09. The van der Waals surface area contributed by atoms with E-state index in [1.54, 1.807) is 18.4 Å². The van der Waals surface area contributed by atoms with Gasteiger partial charge in [-0.25, -0.2) is 0 Å². The fraction of sp³-hybridized carbons (Fsp3) is 0.600. The maximum atomic E-state index is 12.4. The second-order valence-corrected chi connectivity index (χ2v) is 6.62. The minimum atomic E-state index is -0.124. The van der Waals surface area contributed by atoms with Crippen LogP contribution >= 0.6 is 11.3 Å². The Morgan fingerprint density at radius 3 is 2.95 bits per heavy atom. The third-order valence-corrected chi connectivity index (χ3v) is 4.95. The van der Waals surface area contributed by atoms with E-state index in [1.165, 1.54) is 4.90 Å². The maximum absolute atomic E-state index is 12.4. The van der Waals surface area contributed by atoms with Crippen molar-refractivity contribution in [2.45, 2.75) is 25.8 Å². The molecule has 0 aromatic carbocycles. The Morgan fingerprint density at radius 1 is 1.48 bits per heavy atom. The van der Waals surface area contributed by atoms with Crippen molar-refractivity contribution in [3.05, 3.63) is 22.4 Å². The van der Waals surface area contributed by atoms with Crippen LogP contribution in [-0.4, -0.2) is 36.9 Å². The van der Waals surface area contributed by atoms with Crippen LogP contribution in [0.25, 0.3) is 0 Å². The zero-order valence-electron chi connectivity index (χ0n) is 12.4. The molecule has 0 radical (unpaired) electrons. The molecule has 1 saturated carbocycles. The van der Waals surface area contributed by atoms with Crippen LogP contribution in [0.5, 0.6) is 0 Å². The van der Waals surface area contributed by atoms with Crippen LogP contribution < -0.4 is 11.1 Å². The van der Waals surface area contributed by atoms with Gasteiger partial charge in [-0.1, -0.05) is 12.5 Å². The van der Waals surface area contributed by atoms with E-state index < -0.39 is 0 Å². The van der Waals surface area contributed by atoms with Crippen LogP contribution in [0.15, 0.2) is 17.5 Å². The third-order valence-electron chi connectivity index (χ3n) is 4.08. The second-order valence-electron chi connectivity index (χ2n) is 5.58. The van der Waals surface area contributed by atoms with Crippen LogP contribution in [0.4, 0.5) is 0 Å². The summed E-state index contributed by atoms with van der Waals surface area (Å²) in [5, 5.41) is 4.82. The number of thiophene rings is 1. The second kappa shape index (κ2) is 7.56. The fourth-order valence-corrected chi connectivity index (χ4v) is 3.52. The summed E-state index contributed by atoms with van der Waals surface area (Å²) in [5.74, 6) is 0.190. The van der Waals surface area contributed by atoms with Crippen molar-refractivity contribution in [3.63, 3.8) is 0 Å². The monoisotopic (exact) mass is 309 g/mol. The molecule has 0 saturated heterocycles. The predicted octanol–water partition coefficient (Wildman–Crippen LogP) is 1.20. The number of hydrogen-bond donors (Lipinski definition) is 2. The van der Waals surface area contributed by atoms with Crippen LogP contribution in [-0.2, 0) is 16.1 Å². The molecule has 21 heavy (non-hydrogen) atoms. The quantitative estimate of drug-likeness (QED) is 0.829. The van der Waals surface area contributed by atoms with Gasteiger partial charge in [0.1, 0.15) is 0 Å². The molecule has 1 fully saturated rings. The first-order valence-corrected chi connectivity index (χ1v) is 8.24. The average Bonchev–Trinajstić information content (AvgIpc) is 3.14. The Kier molecular flexibility index (Phi) is 5.76. The van der Waals surface area contributed by atoms with Gasteiger partial charge in [-0.3, -0.25) is 9.59 Å².